The number of phenols is 1. The molecule has 10 heteroatoms. The minimum Gasteiger partial charge on any atom is -0.508 e. The van der Waals surface area contributed by atoms with Gasteiger partial charge < -0.3 is 14.7 Å². The minimum absolute atomic E-state index is 0.196. The Morgan fingerprint density at radius 2 is 1.43 bits per heavy atom. The Kier molecular flexibility index (Phi) is 12.1. The average molecular weight is 617 g/mol. The van der Waals surface area contributed by atoms with E-state index in [1.165, 1.54) is 18.7 Å². The van der Waals surface area contributed by atoms with Crippen LogP contribution in [0.5, 0.6) is 11.5 Å². The molecule has 236 valence electrons. The summed E-state index contributed by atoms with van der Waals surface area (Å²) in [5.41, 5.74) is 5.33. The lowest BCUT2D eigenvalue weighted by Crippen LogP contribution is -2.40. The summed E-state index contributed by atoms with van der Waals surface area (Å²) in [5.74, 6) is -4.64. The van der Waals surface area contributed by atoms with E-state index < -0.39 is 31.0 Å². The van der Waals surface area contributed by atoms with Gasteiger partial charge in [-0.05, 0) is 65.6 Å². The molecule has 0 saturated heterocycles. The Hall–Kier alpha value is -4.18. The molecule has 0 atom stereocenters. The molecule has 1 amide bonds. The predicted molar refractivity (Wildman–Crippen MR) is 163 cm³/mol. The first-order valence-electron chi connectivity index (χ1n) is 14.2. The molecule has 0 fully saturated rings. The van der Waals surface area contributed by atoms with Crippen LogP contribution in [0.2, 0.25) is 0 Å². The van der Waals surface area contributed by atoms with Crippen LogP contribution in [0.1, 0.15) is 36.5 Å². The number of aromatic hydroxyl groups is 1. The third-order valence-corrected chi connectivity index (χ3v) is 7.05. The van der Waals surface area contributed by atoms with E-state index >= 15 is 0 Å². The van der Waals surface area contributed by atoms with E-state index in [0.29, 0.717) is 25.4 Å². The van der Waals surface area contributed by atoms with E-state index in [9.17, 15) is 31.9 Å². The summed E-state index contributed by atoms with van der Waals surface area (Å²) in [4.78, 5) is 14.8. The second-order valence-electron chi connectivity index (χ2n) is 10.4. The summed E-state index contributed by atoms with van der Waals surface area (Å²) in [6.07, 6.45) is -3.67. The van der Waals surface area contributed by atoms with E-state index in [0.717, 1.165) is 39.7 Å². The zero-order valence-corrected chi connectivity index (χ0v) is 25.0. The highest BCUT2D eigenvalue weighted by molar-refractivity contribution is 5.98. The average Bonchev–Trinajstić information content (AvgIpc) is 2.99. The number of nitrogens with zero attached hydrogens (tertiary/aromatic N) is 2. The van der Waals surface area contributed by atoms with Crippen LogP contribution < -0.4 is 4.74 Å². The van der Waals surface area contributed by atoms with Gasteiger partial charge in [-0.3, -0.25) is 9.69 Å². The maximum atomic E-state index is 13.1. The first kappa shape index (κ1) is 34.3. The highest BCUT2D eigenvalue weighted by Crippen LogP contribution is 2.38. The number of hydrogen-bond donors (Lipinski definition) is 1. The number of benzene rings is 3. The lowest BCUT2D eigenvalue weighted by atomic mass is 9.88. The van der Waals surface area contributed by atoms with Crippen LogP contribution in [0.4, 0.5) is 22.0 Å². The van der Waals surface area contributed by atoms with Crippen molar-refractivity contribution in [1.82, 2.24) is 9.80 Å². The smallest absolute Gasteiger partial charge is 0.453 e. The highest BCUT2D eigenvalue weighted by atomic mass is 19.4. The third kappa shape index (κ3) is 9.67. The number of likely N-dealkylation sites (N-methyl/N-ethyl adjacent to an activating group) is 2. The van der Waals surface area contributed by atoms with Gasteiger partial charge in [0, 0.05) is 39.2 Å². The normalized spacial score (nSPS) is 12.8. The maximum Gasteiger partial charge on any atom is 0.453 e. The monoisotopic (exact) mass is 616 g/mol. The van der Waals surface area contributed by atoms with Crippen LogP contribution in [0.15, 0.2) is 91.0 Å². The first-order chi connectivity index (χ1) is 20.8. The van der Waals surface area contributed by atoms with Crippen molar-refractivity contribution in [1.29, 1.82) is 0 Å². The molecule has 0 saturated carbocycles. The summed E-state index contributed by atoms with van der Waals surface area (Å²) in [6, 6.07) is 25.1. The van der Waals surface area contributed by atoms with Crippen LogP contribution in [0.25, 0.3) is 11.1 Å². The van der Waals surface area contributed by atoms with Crippen molar-refractivity contribution in [3.05, 3.63) is 108 Å². The number of carbonyl (C=O) groups excluding carboxylic acids is 1. The van der Waals surface area contributed by atoms with E-state index in [2.05, 4.69) is 19.1 Å². The van der Waals surface area contributed by atoms with E-state index in [-0.39, 0.29) is 5.75 Å². The molecule has 3 aromatic rings. The van der Waals surface area contributed by atoms with Gasteiger partial charge in [-0.15, -0.1) is 0 Å². The van der Waals surface area contributed by atoms with Crippen molar-refractivity contribution in [2.75, 3.05) is 40.3 Å². The lowest BCUT2D eigenvalue weighted by Gasteiger charge is -2.22. The van der Waals surface area contributed by atoms with Gasteiger partial charge in [0.05, 0.1) is 0 Å². The van der Waals surface area contributed by atoms with E-state index in [4.69, 9.17) is 4.74 Å². The summed E-state index contributed by atoms with van der Waals surface area (Å²) < 4.78 is 69.1. The molecular weight excluding hydrogens is 579 g/mol. The second kappa shape index (κ2) is 15.5. The molecule has 1 N–H and O–H groups in total. The van der Waals surface area contributed by atoms with Crippen molar-refractivity contribution >= 4 is 17.1 Å². The fourth-order valence-electron chi connectivity index (χ4n) is 4.46. The largest absolute Gasteiger partial charge is 0.508 e. The lowest BCUT2D eigenvalue weighted by molar-refractivity contribution is -0.284. The van der Waals surface area contributed by atoms with Crippen molar-refractivity contribution in [2.24, 2.45) is 0 Å². The molecule has 3 aromatic carbocycles. The van der Waals surface area contributed by atoms with Gasteiger partial charge in [-0.2, -0.15) is 22.0 Å². The number of ether oxygens (including phenoxy) is 1. The fraction of sp³-hybridized carbons (Fsp3) is 0.324. The Bertz CT molecular complexity index is 1400. The van der Waals surface area contributed by atoms with Crippen LogP contribution in [0.3, 0.4) is 0 Å². The van der Waals surface area contributed by atoms with Crippen LogP contribution in [0, 0.1) is 0 Å². The quantitative estimate of drug-likeness (QED) is 0.115. The molecule has 5 nitrogen and oxygen atoms in total. The van der Waals surface area contributed by atoms with Gasteiger partial charge in [0.1, 0.15) is 18.1 Å². The Morgan fingerprint density at radius 3 is 2.00 bits per heavy atom. The number of phenolic OH excluding ortho intramolecular Hbond substituents is 1. The topological polar surface area (TPSA) is 53.0 Å². The number of carbonyl (C=O) groups is 1. The van der Waals surface area contributed by atoms with Gasteiger partial charge >= 0.3 is 12.1 Å². The van der Waals surface area contributed by atoms with Gasteiger partial charge in [0.2, 0.25) is 5.91 Å². The van der Waals surface area contributed by atoms with E-state index in [1.54, 1.807) is 19.2 Å². The summed E-state index contributed by atoms with van der Waals surface area (Å²) in [7, 11) is 2.98. The van der Waals surface area contributed by atoms with Gasteiger partial charge in [-0.1, -0.05) is 67.6 Å². The van der Waals surface area contributed by atoms with Crippen LogP contribution in [-0.2, 0) is 4.79 Å². The molecule has 44 heavy (non-hydrogen) atoms. The molecule has 0 unspecified atom stereocenters. The predicted octanol–water partition coefficient (Wildman–Crippen LogP) is 7.67. The molecule has 0 aliphatic rings. The SMILES string of the molecule is CC/C(=C(\c1ccc(O)cc1)c1ccc(OCCN(C)C/C=C/C(=O)N(C)CCC(F)(F)C(F)(F)F)cc1)c1ccccc1. The van der Waals surface area contributed by atoms with Gasteiger partial charge in [0.25, 0.3) is 0 Å². The second-order valence-corrected chi connectivity index (χ2v) is 10.4. The van der Waals surface area contributed by atoms with Crippen LogP contribution >= 0.6 is 0 Å². The number of halogens is 5. The highest BCUT2D eigenvalue weighted by Gasteiger charge is 2.56. The number of hydrogen-bond acceptors (Lipinski definition) is 4. The third-order valence-electron chi connectivity index (χ3n) is 7.05. The molecule has 0 aliphatic heterocycles. The zero-order chi connectivity index (χ0) is 32.3. The minimum atomic E-state index is -5.64. The molecule has 0 spiro atoms. The van der Waals surface area contributed by atoms with E-state index in [1.807, 2.05) is 59.5 Å². The molecule has 0 aliphatic carbocycles. The summed E-state index contributed by atoms with van der Waals surface area (Å²) >= 11 is 0. The molecular formula is C34H37F5N2O3. The van der Waals surface area contributed by atoms with Gasteiger partial charge in [-0.25, -0.2) is 0 Å². The first-order valence-corrected chi connectivity index (χ1v) is 14.2. The molecule has 0 aromatic heterocycles. The Labute approximate surface area is 254 Å². The number of alkyl halides is 5. The Balaban J connectivity index is 1.57. The summed E-state index contributed by atoms with van der Waals surface area (Å²) in [6.45, 7) is 2.60. The number of amides is 1. The zero-order valence-electron chi connectivity index (χ0n) is 25.0. The van der Waals surface area contributed by atoms with Crippen LogP contribution in [-0.4, -0.2) is 73.2 Å². The maximum absolute atomic E-state index is 13.1. The van der Waals surface area contributed by atoms with Crippen molar-refractivity contribution in [3.63, 3.8) is 0 Å². The van der Waals surface area contributed by atoms with Crippen molar-refractivity contribution in [3.8, 4) is 11.5 Å². The summed E-state index contributed by atoms with van der Waals surface area (Å²) in [5, 5.41) is 9.83. The molecule has 0 bridgehead atoms. The molecule has 0 heterocycles. The van der Waals surface area contributed by atoms with Crippen molar-refractivity contribution in [2.45, 2.75) is 31.9 Å². The Morgan fingerprint density at radius 1 is 0.841 bits per heavy atom. The number of allylic oxidation sites excluding steroid dienone is 1. The number of rotatable bonds is 14. The molecule has 3 rings (SSSR count). The van der Waals surface area contributed by atoms with Gasteiger partial charge in [0.15, 0.2) is 0 Å². The molecule has 0 radical (unpaired) electrons. The standard InChI is InChI=1S/C34H37F5N2O3/c1-4-30(25-9-6-5-7-10-25)32(26-12-16-28(42)17-13-26)27-14-18-29(19-15-27)44-24-23-40(2)21-8-11-31(43)41(3)22-20-33(35,36)34(37,38)39/h5-19,42H,4,20-24H2,1-3H3/b11-8+,32-30-. The fourth-order valence-corrected chi connectivity index (χ4v) is 4.46. The van der Waals surface area contributed by atoms with Crippen molar-refractivity contribution < 1.29 is 36.6 Å².